The average molecular weight is 360 g/mol. The largest absolute Gasteiger partial charge is 0.493 e. The maximum atomic E-state index is 11.6. The molecular formula is C14H18BrNO3S. The summed E-state index contributed by atoms with van der Waals surface area (Å²) in [5.74, 6) is 1.46. The van der Waals surface area contributed by atoms with Gasteiger partial charge >= 0.3 is 0 Å². The molecule has 1 N–H and O–H groups in total. The molecule has 1 aromatic rings. The first-order valence-electron chi connectivity index (χ1n) is 6.76. The van der Waals surface area contributed by atoms with E-state index in [0.717, 1.165) is 28.8 Å². The average Bonchev–Trinajstić information content (AvgIpc) is 2.91. The molecule has 4 nitrogen and oxygen atoms in total. The summed E-state index contributed by atoms with van der Waals surface area (Å²) in [7, 11) is -2.88. The summed E-state index contributed by atoms with van der Waals surface area (Å²) in [6, 6.07) is 4.14. The van der Waals surface area contributed by atoms with Crippen LogP contribution in [-0.4, -0.2) is 32.1 Å². The van der Waals surface area contributed by atoms with E-state index in [1.807, 2.05) is 13.0 Å². The molecular weight excluding hydrogens is 342 g/mol. The van der Waals surface area contributed by atoms with Gasteiger partial charge < -0.3 is 10.1 Å². The minimum Gasteiger partial charge on any atom is -0.493 e. The molecule has 1 atom stereocenters. The van der Waals surface area contributed by atoms with Gasteiger partial charge in [-0.05, 0) is 31.0 Å². The zero-order valence-electron chi connectivity index (χ0n) is 11.4. The number of halogens is 1. The van der Waals surface area contributed by atoms with E-state index in [1.165, 1.54) is 5.56 Å². The van der Waals surface area contributed by atoms with E-state index in [9.17, 15) is 8.42 Å². The van der Waals surface area contributed by atoms with E-state index < -0.39 is 9.84 Å². The minimum absolute atomic E-state index is 0.219. The third-order valence-corrected chi connectivity index (χ3v) is 6.40. The minimum atomic E-state index is -2.88. The molecule has 3 rings (SSSR count). The van der Waals surface area contributed by atoms with Gasteiger partial charge in [0.2, 0.25) is 0 Å². The summed E-state index contributed by atoms with van der Waals surface area (Å²) >= 11 is 3.52. The fourth-order valence-electron chi connectivity index (χ4n) is 2.94. The van der Waals surface area contributed by atoms with Gasteiger partial charge in [0, 0.05) is 28.5 Å². The summed E-state index contributed by atoms with van der Waals surface area (Å²) in [5.41, 5.74) is 1.99. The van der Waals surface area contributed by atoms with Gasteiger partial charge in [-0.25, -0.2) is 8.42 Å². The van der Waals surface area contributed by atoms with Crippen molar-refractivity contribution in [3.63, 3.8) is 0 Å². The lowest BCUT2D eigenvalue weighted by atomic mass is 10.0. The van der Waals surface area contributed by atoms with Crippen molar-refractivity contribution in [1.29, 1.82) is 0 Å². The number of benzene rings is 1. The van der Waals surface area contributed by atoms with Gasteiger partial charge in [-0.1, -0.05) is 15.9 Å². The molecule has 0 radical (unpaired) electrons. The van der Waals surface area contributed by atoms with Crippen LogP contribution in [0.3, 0.4) is 0 Å². The fourth-order valence-corrected chi connectivity index (χ4v) is 5.61. The normalized spacial score (nSPS) is 27.3. The smallest absolute Gasteiger partial charge is 0.152 e. The van der Waals surface area contributed by atoms with E-state index in [1.54, 1.807) is 0 Å². The Kier molecular flexibility index (Phi) is 3.59. The number of sulfone groups is 1. The summed E-state index contributed by atoms with van der Waals surface area (Å²) in [6.07, 6.45) is 1.61. The molecule has 6 heteroatoms. The molecule has 2 heterocycles. The van der Waals surface area contributed by atoms with Gasteiger partial charge in [-0.3, -0.25) is 0 Å². The van der Waals surface area contributed by atoms with E-state index in [4.69, 9.17) is 4.74 Å². The van der Waals surface area contributed by atoms with Crippen LogP contribution in [0.5, 0.6) is 5.75 Å². The van der Waals surface area contributed by atoms with Crippen molar-refractivity contribution in [2.75, 3.05) is 18.1 Å². The predicted molar refractivity (Wildman–Crippen MR) is 81.9 cm³/mol. The number of ether oxygens (including phenoxy) is 1. The quantitative estimate of drug-likeness (QED) is 0.897. The molecule has 1 fully saturated rings. The highest BCUT2D eigenvalue weighted by Gasteiger charge is 2.38. The highest BCUT2D eigenvalue weighted by atomic mass is 79.9. The Morgan fingerprint density at radius 1 is 1.45 bits per heavy atom. The molecule has 2 aliphatic rings. The summed E-state index contributed by atoms with van der Waals surface area (Å²) < 4.78 is 30.0. The second kappa shape index (κ2) is 5.00. The second-order valence-electron chi connectivity index (χ2n) is 5.91. The second-order valence-corrected chi connectivity index (χ2v) is 9.01. The molecule has 1 saturated heterocycles. The van der Waals surface area contributed by atoms with Crippen LogP contribution >= 0.6 is 15.9 Å². The van der Waals surface area contributed by atoms with Crippen LogP contribution in [0.15, 0.2) is 16.6 Å². The standard InChI is InChI=1S/C14H18BrNO3S/c1-14(3-5-20(17,18)9-14)16-8-11-7-12(15)6-10-2-4-19-13(10)11/h6-7,16H,2-5,8-9H2,1H3. The molecule has 0 aromatic heterocycles. The molecule has 0 aliphatic carbocycles. The number of hydrogen-bond acceptors (Lipinski definition) is 4. The van der Waals surface area contributed by atoms with Crippen molar-refractivity contribution in [3.8, 4) is 5.75 Å². The van der Waals surface area contributed by atoms with E-state index >= 15 is 0 Å². The SMILES string of the molecule is CC1(NCc2cc(Br)cc3c2OCC3)CCS(=O)(=O)C1. The molecule has 1 unspecified atom stereocenters. The van der Waals surface area contributed by atoms with E-state index in [0.29, 0.717) is 13.0 Å². The van der Waals surface area contributed by atoms with Gasteiger partial charge in [-0.2, -0.15) is 0 Å². The summed E-state index contributed by atoms with van der Waals surface area (Å²) in [4.78, 5) is 0. The van der Waals surface area contributed by atoms with Crippen molar-refractivity contribution < 1.29 is 13.2 Å². The lowest BCUT2D eigenvalue weighted by Crippen LogP contribution is -2.42. The van der Waals surface area contributed by atoms with Crippen LogP contribution in [0.1, 0.15) is 24.5 Å². The van der Waals surface area contributed by atoms with Gasteiger partial charge in [0.05, 0.1) is 18.1 Å². The van der Waals surface area contributed by atoms with Gasteiger partial charge in [-0.15, -0.1) is 0 Å². The van der Waals surface area contributed by atoms with Crippen LogP contribution in [0.25, 0.3) is 0 Å². The number of nitrogens with one attached hydrogen (secondary N) is 1. The molecule has 110 valence electrons. The molecule has 0 amide bonds. The van der Waals surface area contributed by atoms with Crippen LogP contribution in [0.4, 0.5) is 0 Å². The highest BCUT2D eigenvalue weighted by Crippen LogP contribution is 2.33. The molecule has 0 saturated carbocycles. The van der Waals surface area contributed by atoms with Crippen molar-refractivity contribution >= 4 is 25.8 Å². The van der Waals surface area contributed by atoms with Crippen molar-refractivity contribution in [3.05, 3.63) is 27.7 Å². The first-order valence-corrected chi connectivity index (χ1v) is 9.38. The molecule has 0 bridgehead atoms. The third kappa shape index (κ3) is 2.87. The van der Waals surface area contributed by atoms with Crippen molar-refractivity contribution in [2.24, 2.45) is 0 Å². The maximum Gasteiger partial charge on any atom is 0.152 e. The third-order valence-electron chi connectivity index (χ3n) is 4.03. The highest BCUT2D eigenvalue weighted by molar-refractivity contribution is 9.10. The molecule has 0 spiro atoms. The zero-order chi connectivity index (χ0) is 14.4. The Labute approximate surface area is 127 Å². The van der Waals surface area contributed by atoms with Crippen molar-refractivity contribution in [1.82, 2.24) is 5.32 Å². The topological polar surface area (TPSA) is 55.4 Å². The van der Waals surface area contributed by atoms with Crippen LogP contribution < -0.4 is 10.1 Å². The lowest BCUT2D eigenvalue weighted by molar-refractivity contribution is 0.346. The Bertz CT molecular complexity index is 644. The maximum absolute atomic E-state index is 11.6. The van der Waals surface area contributed by atoms with E-state index in [2.05, 4.69) is 27.3 Å². The van der Waals surface area contributed by atoms with Gasteiger partial charge in [0.1, 0.15) is 5.75 Å². The zero-order valence-corrected chi connectivity index (χ0v) is 13.8. The number of hydrogen-bond donors (Lipinski definition) is 1. The lowest BCUT2D eigenvalue weighted by Gasteiger charge is -2.24. The first-order chi connectivity index (χ1) is 9.37. The van der Waals surface area contributed by atoms with Crippen LogP contribution in [-0.2, 0) is 22.8 Å². The van der Waals surface area contributed by atoms with Crippen molar-refractivity contribution in [2.45, 2.75) is 31.8 Å². The first kappa shape index (κ1) is 14.4. The Morgan fingerprint density at radius 2 is 2.25 bits per heavy atom. The van der Waals surface area contributed by atoms with Crippen LogP contribution in [0.2, 0.25) is 0 Å². The Hall–Kier alpha value is -0.590. The predicted octanol–water partition coefficient (Wildman–Crippen LogP) is 2.05. The fraction of sp³-hybridized carbons (Fsp3) is 0.571. The Balaban J connectivity index is 1.77. The van der Waals surface area contributed by atoms with Gasteiger partial charge in [0.25, 0.3) is 0 Å². The monoisotopic (exact) mass is 359 g/mol. The van der Waals surface area contributed by atoms with Crippen LogP contribution in [0, 0.1) is 0 Å². The van der Waals surface area contributed by atoms with E-state index in [-0.39, 0.29) is 17.0 Å². The number of rotatable bonds is 3. The van der Waals surface area contributed by atoms with Gasteiger partial charge in [0.15, 0.2) is 9.84 Å². The number of fused-ring (bicyclic) bond motifs is 1. The Morgan fingerprint density at radius 3 is 2.95 bits per heavy atom. The molecule has 2 aliphatic heterocycles. The molecule has 1 aromatic carbocycles. The summed E-state index contributed by atoms with van der Waals surface area (Å²) in [6.45, 7) is 3.34. The summed E-state index contributed by atoms with van der Waals surface area (Å²) in [5, 5.41) is 3.41. The molecule has 20 heavy (non-hydrogen) atoms.